The van der Waals surface area contributed by atoms with Gasteiger partial charge in [-0.2, -0.15) is 8.78 Å². The van der Waals surface area contributed by atoms with E-state index in [1.807, 2.05) is 0 Å². The van der Waals surface area contributed by atoms with E-state index < -0.39 is 17.9 Å². The molecule has 0 aliphatic carbocycles. The van der Waals surface area contributed by atoms with E-state index in [1.165, 1.54) is 19.1 Å². The van der Waals surface area contributed by atoms with Gasteiger partial charge >= 0.3 is 11.9 Å². The number of halogens is 4. The molecule has 160 valence electrons. The molecule has 1 unspecified atom stereocenters. The molecular formula is C22H21Cl2F2NO3. The molecule has 0 spiro atoms. The zero-order valence-corrected chi connectivity index (χ0v) is 18.1. The zero-order chi connectivity index (χ0) is 22.1. The zero-order valence-electron chi connectivity index (χ0n) is 16.6. The van der Waals surface area contributed by atoms with Gasteiger partial charge < -0.3 is 9.64 Å². The average Bonchev–Trinajstić information content (AvgIpc) is 2.70. The molecule has 0 bridgehead atoms. The highest BCUT2D eigenvalue weighted by Gasteiger charge is 2.45. The Morgan fingerprint density at radius 3 is 2.43 bits per heavy atom. The Labute approximate surface area is 183 Å². The molecule has 1 amide bonds. The van der Waals surface area contributed by atoms with Crippen LogP contribution in [0.15, 0.2) is 36.4 Å². The summed E-state index contributed by atoms with van der Waals surface area (Å²) < 4.78 is 33.9. The second-order valence-corrected chi connectivity index (χ2v) is 7.87. The van der Waals surface area contributed by atoms with Crippen molar-refractivity contribution in [2.75, 3.05) is 13.2 Å². The van der Waals surface area contributed by atoms with E-state index in [1.54, 1.807) is 36.1 Å². The second kappa shape index (κ2) is 8.90. The Bertz CT molecular complexity index is 961. The Morgan fingerprint density at radius 2 is 1.80 bits per heavy atom. The molecule has 2 aromatic rings. The Kier molecular flexibility index (Phi) is 6.68. The van der Waals surface area contributed by atoms with Crippen LogP contribution in [0.25, 0.3) is 0 Å². The summed E-state index contributed by atoms with van der Waals surface area (Å²) in [6.45, 7) is 3.36. The number of esters is 1. The van der Waals surface area contributed by atoms with Crippen LogP contribution in [-0.4, -0.2) is 29.9 Å². The standard InChI is InChI=1S/C22H21Cl2F2NO3/c1-3-30-21(29)22(25,26)17-7-4-6-14-13(2)27(11-10-15(14)17)20(28)12-16-18(23)8-5-9-19(16)24/h4-9,13H,3,10-12H2,1-2H3. The fourth-order valence-corrected chi connectivity index (χ4v) is 4.32. The highest BCUT2D eigenvalue weighted by atomic mass is 35.5. The minimum atomic E-state index is -3.75. The third-order valence-electron chi connectivity index (χ3n) is 5.31. The van der Waals surface area contributed by atoms with Gasteiger partial charge in [-0.3, -0.25) is 4.79 Å². The molecule has 4 nitrogen and oxygen atoms in total. The average molecular weight is 456 g/mol. The quantitative estimate of drug-likeness (QED) is 0.571. The maximum absolute atomic E-state index is 14.7. The van der Waals surface area contributed by atoms with E-state index in [9.17, 15) is 18.4 Å². The van der Waals surface area contributed by atoms with Crippen LogP contribution in [0.2, 0.25) is 10.0 Å². The summed E-state index contributed by atoms with van der Waals surface area (Å²) in [4.78, 5) is 26.4. The predicted octanol–water partition coefficient (Wildman–Crippen LogP) is 5.34. The fourth-order valence-electron chi connectivity index (χ4n) is 3.79. The second-order valence-electron chi connectivity index (χ2n) is 7.06. The van der Waals surface area contributed by atoms with Crippen LogP contribution >= 0.6 is 23.2 Å². The first-order valence-corrected chi connectivity index (χ1v) is 10.3. The number of fused-ring (bicyclic) bond motifs is 1. The fraction of sp³-hybridized carbons (Fsp3) is 0.364. The van der Waals surface area contributed by atoms with E-state index in [0.29, 0.717) is 26.7 Å². The molecule has 0 N–H and O–H groups in total. The molecule has 0 saturated heterocycles. The number of carbonyl (C=O) groups is 2. The van der Waals surface area contributed by atoms with Crippen LogP contribution < -0.4 is 0 Å². The van der Waals surface area contributed by atoms with E-state index in [2.05, 4.69) is 4.74 Å². The van der Waals surface area contributed by atoms with Gasteiger partial charge in [0.25, 0.3) is 0 Å². The van der Waals surface area contributed by atoms with E-state index >= 15 is 0 Å². The van der Waals surface area contributed by atoms with E-state index in [4.69, 9.17) is 23.2 Å². The van der Waals surface area contributed by atoms with Crippen molar-refractivity contribution in [2.24, 2.45) is 0 Å². The van der Waals surface area contributed by atoms with Crippen LogP contribution in [-0.2, 0) is 33.1 Å². The normalized spacial score (nSPS) is 16.2. The minimum absolute atomic E-state index is 0.0108. The number of rotatable bonds is 5. The topological polar surface area (TPSA) is 46.6 Å². The number of amides is 1. The van der Waals surface area contributed by atoms with Crippen molar-refractivity contribution < 1.29 is 23.1 Å². The summed E-state index contributed by atoms with van der Waals surface area (Å²) in [7, 11) is 0. The molecule has 1 atom stereocenters. The smallest absolute Gasteiger partial charge is 0.381 e. The van der Waals surface area contributed by atoms with Gasteiger partial charge in [0.2, 0.25) is 5.91 Å². The number of hydrogen-bond donors (Lipinski definition) is 0. The van der Waals surface area contributed by atoms with Crippen LogP contribution in [0.4, 0.5) is 8.78 Å². The lowest BCUT2D eigenvalue weighted by atomic mass is 9.87. The number of carbonyl (C=O) groups excluding carboxylic acids is 2. The number of ether oxygens (including phenoxy) is 1. The largest absolute Gasteiger partial charge is 0.461 e. The Morgan fingerprint density at radius 1 is 1.17 bits per heavy atom. The van der Waals surface area contributed by atoms with Gasteiger partial charge in [-0.05, 0) is 49.1 Å². The van der Waals surface area contributed by atoms with Gasteiger partial charge in [-0.1, -0.05) is 47.5 Å². The van der Waals surface area contributed by atoms with Crippen molar-refractivity contribution in [3.8, 4) is 0 Å². The predicted molar refractivity (Wildman–Crippen MR) is 111 cm³/mol. The number of benzene rings is 2. The van der Waals surface area contributed by atoms with Crippen molar-refractivity contribution in [3.63, 3.8) is 0 Å². The van der Waals surface area contributed by atoms with Gasteiger partial charge in [-0.25, -0.2) is 4.79 Å². The Balaban J connectivity index is 1.89. The van der Waals surface area contributed by atoms with Crippen LogP contribution in [0, 0.1) is 0 Å². The molecule has 30 heavy (non-hydrogen) atoms. The summed E-state index contributed by atoms with van der Waals surface area (Å²) in [6, 6.07) is 8.99. The monoisotopic (exact) mass is 455 g/mol. The highest BCUT2D eigenvalue weighted by molar-refractivity contribution is 6.36. The number of alkyl halides is 2. The minimum Gasteiger partial charge on any atom is -0.461 e. The summed E-state index contributed by atoms with van der Waals surface area (Å²) in [5, 5.41) is 0.801. The van der Waals surface area contributed by atoms with Crippen molar-refractivity contribution >= 4 is 35.1 Å². The summed E-state index contributed by atoms with van der Waals surface area (Å²) >= 11 is 12.3. The molecule has 0 radical (unpaired) electrons. The first-order chi connectivity index (χ1) is 14.2. The van der Waals surface area contributed by atoms with Crippen molar-refractivity contribution in [2.45, 2.75) is 38.7 Å². The summed E-state index contributed by atoms with van der Waals surface area (Å²) in [5.74, 6) is -5.53. The van der Waals surface area contributed by atoms with Gasteiger partial charge in [0.15, 0.2) is 0 Å². The first-order valence-electron chi connectivity index (χ1n) is 9.58. The molecule has 1 heterocycles. The van der Waals surface area contributed by atoms with Crippen LogP contribution in [0.3, 0.4) is 0 Å². The Hall–Kier alpha value is -2.18. The molecule has 0 fully saturated rings. The highest BCUT2D eigenvalue weighted by Crippen LogP contribution is 2.39. The van der Waals surface area contributed by atoms with E-state index in [0.717, 1.165) is 0 Å². The van der Waals surface area contributed by atoms with Gasteiger partial charge in [-0.15, -0.1) is 0 Å². The lowest BCUT2D eigenvalue weighted by Crippen LogP contribution is -2.41. The first kappa shape index (κ1) is 22.5. The summed E-state index contributed by atoms with van der Waals surface area (Å²) in [5.41, 5.74) is 1.13. The maximum atomic E-state index is 14.7. The van der Waals surface area contributed by atoms with Crippen molar-refractivity contribution in [1.29, 1.82) is 0 Å². The number of hydrogen-bond acceptors (Lipinski definition) is 3. The molecule has 2 aromatic carbocycles. The van der Waals surface area contributed by atoms with Crippen LogP contribution in [0.5, 0.6) is 0 Å². The molecule has 0 saturated carbocycles. The molecule has 0 aromatic heterocycles. The lowest BCUT2D eigenvalue weighted by molar-refractivity contribution is -0.173. The lowest BCUT2D eigenvalue weighted by Gasteiger charge is -2.37. The maximum Gasteiger partial charge on any atom is 0.381 e. The number of nitrogens with zero attached hydrogens (tertiary/aromatic N) is 1. The SMILES string of the molecule is CCOC(=O)C(F)(F)c1cccc2c1CCN(C(=O)Cc1c(Cl)cccc1Cl)C2C. The van der Waals surface area contributed by atoms with Gasteiger partial charge in [0.05, 0.1) is 19.1 Å². The van der Waals surface area contributed by atoms with Crippen molar-refractivity contribution in [3.05, 3.63) is 68.7 Å². The van der Waals surface area contributed by atoms with Gasteiger partial charge in [0, 0.05) is 22.2 Å². The third kappa shape index (κ3) is 4.16. The van der Waals surface area contributed by atoms with E-state index in [-0.39, 0.29) is 37.5 Å². The third-order valence-corrected chi connectivity index (χ3v) is 6.02. The molecule has 1 aliphatic rings. The van der Waals surface area contributed by atoms with Crippen LogP contribution in [0.1, 0.15) is 42.1 Å². The molecular weight excluding hydrogens is 435 g/mol. The van der Waals surface area contributed by atoms with Crippen molar-refractivity contribution in [1.82, 2.24) is 4.90 Å². The molecule has 1 aliphatic heterocycles. The molecule has 8 heteroatoms. The van der Waals surface area contributed by atoms with Gasteiger partial charge in [0.1, 0.15) is 0 Å². The molecule has 3 rings (SSSR count). The summed E-state index contributed by atoms with van der Waals surface area (Å²) in [6.07, 6.45) is 0.212.